The van der Waals surface area contributed by atoms with E-state index in [-0.39, 0.29) is 24.4 Å². The van der Waals surface area contributed by atoms with Gasteiger partial charge in [0.25, 0.3) is 0 Å². The van der Waals surface area contributed by atoms with Gasteiger partial charge in [-0.3, -0.25) is 4.79 Å². The van der Waals surface area contributed by atoms with Gasteiger partial charge in [0.1, 0.15) is 6.61 Å². The van der Waals surface area contributed by atoms with Crippen molar-refractivity contribution in [3.8, 4) is 0 Å². The molecule has 19 heavy (non-hydrogen) atoms. The summed E-state index contributed by atoms with van der Waals surface area (Å²) in [5, 5.41) is 0. The Hall–Kier alpha value is -0.660. The first-order valence-electron chi connectivity index (χ1n) is 6.74. The Balaban J connectivity index is 2.42. The van der Waals surface area contributed by atoms with Crippen molar-refractivity contribution in [3.63, 3.8) is 0 Å². The van der Waals surface area contributed by atoms with Gasteiger partial charge in [-0.2, -0.15) is 4.31 Å². The van der Waals surface area contributed by atoms with E-state index in [4.69, 9.17) is 4.74 Å². The average molecular weight is 292 g/mol. The number of rotatable bonds is 6. The fourth-order valence-corrected chi connectivity index (χ4v) is 3.43. The van der Waals surface area contributed by atoms with Crippen LogP contribution in [0, 0.1) is 0 Å². The first-order valence-corrected chi connectivity index (χ1v) is 8.35. The normalized spacial score (nSPS) is 18.0. The molecule has 1 fully saturated rings. The van der Waals surface area contributed by atoms with E-state index in [1.807, 2.05) is 20.8 Å². The summed E-state index contributed by atoms with van der Waals surface area (Å²) in [5.41, 5.74) is 0. The van der Waals surface area contributed by atoms with Crippen LogP contribution in [0.1, 0.15) is 27.2 Å². The Labute approximate surface area is 115 Å². The molecule has 0 unspecified atom stereocenters. The van der Waals surface area contributed by atoms with Gasteiger partial charge in [-0.05, 0) is 20.3 Å². The minimum atomic E-state index is -3.14. The molecule has 0 aromatic rings. The monoisotopic (exact) mass is 292 g/mol. The molecule has 0 atom stereocenters. The lowest BCUT2D eigenvalue weighted by molar-refractivity contribution is -0.138. The summed E-state index contributed by atoms with van der Waals surface area (Å²) in [6, 6.07) is 0. The number of ether oxygens (including phenoxy) is 1. The van der Waals surface area contributed by atoms with Crippen molar-refractivity contribution in [1.29, 1.82) is 0 Å². The first kappa shape index (κ1) is 16.4. The molecular weight excluding hydrogens is 268 g/mol. The number of hydrogen-bond acceptors (Lipinski definition) is 4. The minimum Gasteiger partial charge on any atom is -0.369 e. The Kier molecular flexibility index (Phi) is 6.22. The Morgan fingerprint density at radius 1 is 1.21 bits per heavy atom. The molecule has 1 aliphatic heterocycles. The van der Waals surface area contributed by atoms with Crippen molar-refractivity contribution in [2.75, 3.05) is 38.5 Å². The second kappa shape index (κ2) is 7.21. The van der Waals surface area contributed by atoms with Gasteiger partial charge in [0.05, 0.1) is 11.9 Å². The standard InChI is InChI=1S/C12H24N2O4S/c1-4-9-19(16,17)14-7-5-13(6-8-14)12(15)10-18-11(2)3/h11H,4-10H2,1-3H3. The summed E-state index contributed by atoms with van der Waals surface area (Å²) < 4.78 is 30.5. The smallest absolute Gasteiger partial charge is 0.248 e. The quantitative estimate of drug-likeness (QED) is 0.706. The summed E-state index contributed by atoms with van der Waals surface area (Å²) in [6.07, 6.45) is 0.638. The van der Waals surface area contributed by atoms with Crippen LogP contribution in [0.25, 0.3) is 0 Å². The zero-order valence-electron chi connectivity index (χ0n) is 12.0. The predicted molar refractivity (Wildman–Crippen MR) is 73.3 cm³/mol. The molecule has 1 heterocycles. The fourth-order valence-electron chi connectivity index (χ4n) is 1.93. The zero-order chi connectivity index (χ0) is 14.5. The van der Waals surface area contributed by atoms with Crippen LogP contribution in [0.2, 0.25) is 0 Å². The SMILES string of the molecule is CCCS(=O)(=O)N1CCN(C(=O)COC(C)C)CC1. The van der Waals surface area contributed by atoms with E-state index in [9.17, 15) is 13.2 Å². The van der Waals surface area contributed by atoms with Crippen LogP contribution in [0.5, 0.6) is 0 Å². The van der Waals surface area contributed by atoms with Gasteiger partial charge in [0, 0.05) is 26.2 Å². The maximum atomic E-state index is 11.9. The Morgan fingerprint density at radius 2 is 1.79 bits per heavy atom. The second-order valence-corrected chi connectivity index (χ2v) is 7.04. The van der Waals surface area contributed by atoms with Crippen molar-refractivity contribution in [3.05, 3.63) is 0 Å². The molecule has 0 aliphatic carbocycles. The highest BCUT2D eigenvalue weighted by Gasteiger charge is 2.28. The summed E-state index contributed by atoms with van der Waals surface area (Å²) in [5.74, 6) is 0.110. The molecule has 0 radical (unpaired) electrons. The van der Waals surface area contributed by atoms with Gasteiger partial charge in [0.2, 0.25) is 15.9 Å². The summed E-state index contributed by atoms with van der Waals surface area (Å²) in [6.45, 7) is 7.34. The molecule has 112 valence electrons. The zero-order valence-corrected chi connectivity index (χ0v) is 12.8. The van der Waals surface area contributed by atoms with Crippen LogP contribution in [-0.2, 0) is 19.6 Å². The largest absolute Gasteiger partial charge is 0.369 e. The van der Waals surface area contributed by atoms with Crippen molar-refractivity contribution in [1.82, 2.24) is 9.21 Å². The molecule has 1 amide bonds. The third-order valence-corrected chi connectivity index (χ3v) is 5.06. The van der Waals surface area contributed by atoms with Crippen LogP contribution in [0.4, 0.5) is 0 Å². The summed E-state index contributed by atoms with van der Waals surface area (Å²) >= 11 is 0. The lowest BCUT2D eigenvalue weighted by atomic mass is 10.3. The topological polar surface area (TPSA) is 66.9 Å². The van der Waals surface area contributed by atoms with E-state index in [1.165, 1.54) is 4.31 Å². The van der Waals surface area contributed by atoms with E-state index in [0.29, 0.717) is 32.6 Å². The van der Waals surface area contributed by atoms with E-state index >= 15 is 0 Å². The molecule has 0 spiro atoms. The van der Waals surface area contributed by atoms with Gasteiger partial charge in [-0.1, -0.05) is 6.92 Å². The van der Waals surface area contributed by atoms with Crippen LogP contribution >= 0.6 is 0 Å². The van der Waals surface area contributed by atoms with E-state index in [0.717, 1.165) is 0 Å². The van der Waals surface area contributed by atoms with E-state index < -0.39 is 10.0 Å². The molecule has 0 bridgehead atoms. The van der Waals surface area contributed by atoms with Gasteiger partial charge in [-0.15, -0.1) is 0 Å². The van der Waals surface area contributed by atoms with Crippen molar-refractivity contribution in [2.45, 2.75) is 33.3 Å². The predicted octanol–water partition coefficient (Wildman–Crippen LogP) is 0.295. The fraction of sp³-hybridized carbons (Fsp3) is 0.917. The number of piperazine rings is 1. The number of carbonyl (C=O) groups excluding carboxylic acids is 1. The summed E-state index contributed by atoms with van der Waals surface area (Å²) in [7, 11) is -3.14. The first-order chi connectivity index (χ1) is 8.86. The third kappa shape index (κ3) is 5.08. The van der Waals surface area contributed by atoms with Crippen LogP contribution < -0.4 is 0 Å². The van der Waals surface area contributed by atoms with Gasteiger partial charge >= 0.3 is 0 Å². The second-order valence-electron chi connectivity index (χ2n) is 4.96. The number of sulfonamides is 1. The van der Waals surface area contributed by atoms with Crippen LogP contribution in [-0.4, -0.2) is 68.2 Å². The van der Waals surface area contributed by atoms with Crippen molar-refractivity contribution in [2.24, 2.45) is 0 Å². The molecule has 6 nitrogen and oxygen atoms in total. The van der Waals surface area contributed by atoms with Crippen LogP contribution in [0.15, 0.2) is 0 Å². The molecule has 0 N–H and O–H groups in total. The number of amides is 1. The molecule has 0 saturated carbocycles. The molecule has 0 aromatic carbocycles. The number of carbonyl (C=O) groups is 1. The minimum absolute atomic E-state index is 0.0233. The molecule has 7 heteroatoms. The highest BCUT2D eigenvalue weighted by atomic mass is 32.2. The van der Waals surface area contributed by atoms with Gasteiger partial charge in [0.15, 0.2) is 0 Å². The van der Waals surface area contributed by atoms with Gasteiger partial charge < -0.3 is 9.64 Å². The number of hydrogen-bond donors (Lipinski definition) is 0. The Morgan fingerprint density at radius 3 is 2.26 bits per heavy atom. The van der Waals surface area contributed by atoms with E-state index in [1.54, 1.807) is 4.90 Å². The molecule has 1 aliphatic rings. The highest BCUT2D eigenvalue weighted by molar-refractivity contribution is 7.89. The summed E-state index contributed by atoms with van der Waals surface area (Å²) in [4.78, 5) is 13.5. The maximum Gasteiger partial charge on any atom is 0.248 e. The lowest BCUT2D eigenvalue weighted by Crippen LogP contribution is -2.51. The molecule has 0 aromatic heterocycles. The van der Waals surface area contributed by atoms with E-state index in [2.05, 4.69) is 0 Å². The Bertz CT molecular complexity index is 387. The number of nitrogens with zero attached hydrogens (tertiary/aromatic N) is 2. The molecule has 1 saturated heterocycles. The maximum absolute atomic E-state index is 11.9. The van der Waals surface area contributed by atoms with Gasteiger partial charge in [-0.25, -0.2) is 8.42 Å². The molecular formula is C12H24N2O4S. The average Bonchev–Trinajstić information content (AvgIpc) is 2.36. The van der Waals surface area contributed by atoms with Crippen molar-refractivity contribution >= 4 is 15.9 Å². The molecule has 1 rings (SSSR count). The third-order valence-electron chi connectivity index (χ3n) is 2.99. The van der Waals surface area contributed by atoms with Crippen molar-refractivity contribution < 1.29 is 17.9 Å². The highest BCUT2D eigenvalue weighted by Crippen LogP contribution is 2.09. The lowest BCUT2D eigenvalue weighted by Gasteiger charge is -2.34. The van der Waals surface area contributed by atoms with Crippen LogP contribution in [0.3, 0.4) is 0 Å².